The molecule has 2 rings (SSSR count). The maximum Gasteiger partial charge on any atom is 0.339 e. The molecule has 102 valence electrons. The van der Waals surface area contributed by atoms with Crippen LogP contribution >= 0.6 is 11.6 Å². The quantitative estimate of drug-likeness (QED) is 0.793. The number of nitrogens with one attached hydrogen (secondary N) is 2. The summed E-state index contributed by atoms with van der Waals surface area (Å²) in [5, 5.41) is 15.0. The maximum atomic E-state index is 12.2. The van der Waals surface area contributed by atoms with Gasteiger partial charge >= 0.3 is 5.97 Å². The van der Waals surface area contributed by atoms with Crippen LogP contribution in [0.4, 0.5) is 5.69 Å². The third kappa shape index (κ3) is 2.72. The highest BCUT2D eigenvalue weighted by atomic mass is 35.5. The van der Waals surface area contributed by atoms with E-state index in [0.29, 0.717) is 0 Å². The van der Waals surface area contributed by atoms with Gasteiger partial charge in [-0.25, -0.2) is 4.79 Å². The van der Waals surface area contributed by atoms with Gasteiger partial charge in [-0.3, -0.25) is 4.79 Å². The number of carbonyl (C=O) groups is 2. The average molecular weight is 283 g/mol. The molecule has 5 nitrogen and oxygen atoms in total. The van der Waals surface area contributed by atoms with Gasteiger partial charge in [0, 0.05) is 0 Å². The third-order valence-electron chi connectivity index (χ3n) is 3.35. The highest BCUT2D eigenvalue weighted by Gasteiger charge is 2.36. The first-order chi connectivity index (χ1) is 8.94. The Hall–Kier alpha value is -1.59. The van der Waals surface area contributed by atoms with Crippen LogP contribution in [-0.4, -0.2) is 29.1 Å². The number of rotatable bonds is 3. The van der Waals surface area contributed by atoms with E-state index in [4.69, 9.17) is 16.7 Å². The Morgan fingerprint density at radius 3 is 2.79 bits per heavy atom. The van der Waals surface area contributed by atoms with Gasteiger partial charge in [0.15, 0.2) is 0 Å². The number of hydrogen-bond donors (Lipinski definition) is 3. The molecule has 0 radical (unpaired) electrons. The van der Waals surface area contributed by atoms with Crippen molar-refractivity contribution in [1.82, 2.24) is 5.32 Å². The minimum Gasteiger partial charge on any atom is -0.478 e. The summed E-state index contributed by atoms with van der Waals surface area (Å²) >= 11 is 5.85. The fourth-order valence-corrected chi connectivity index (χ4v) is 2.45. The third-order valence-corrected chi connectivity index (χ3v) is 3.66. The monoisotopic (exact) mass is 282 g/mol. The molecule has 0 saturated carbocycles. The van der Waals surface area contributed by atoms with Gasteiger partial charge in [-0.15, -0.1) is 0 Å². The summed E-state index contributed by atoms with van der Waals surface area (Å²) < 4.78 is 0. The van der Waals surface area contributed by atoms with E-state index in [0.717, 1.165) is 19.4 Å². The highest BCUT2D eigenvalue weighted by molar-refractivity contribution is 6.34. The number of aromatic carboxylic acids is 1. The highest BCUT2D eigenvalue weighted by Crippen LogP contribution is 2.26. The summed E-state index contributed by atoms with van der Waals surface area (Å²) in [6, 6.07) is 4.62. The number of halogens is 1. The molecule has 1 saturated heterocycles. The van der Waals surface area contributed by atoms with E-state index in [1.807, 2.05) is 0 Å². The minimum atomic E-state index is -1.16. The second-order valence-electron chi connectivity index (χ2n) is 4.78. The largest absolute Gasteiger partial charge is 0.478 e. The van der Waals surface area contributed by atoms with Crippen LogP contribution < -0.4 is 10.6 Å². The van der Waals surface area contributed by atoms with Crippen molar-refractivity contribution in [3.8, 4) is 0 Å². The predicted molar refractivity (Wildman–Crippen MR) is 72.7 cm³/mol. The fourth-order valence-electron chi connectivity index (χ4n) is 2.19. The molecular weight excluding hydrogens is 268 g/mol. The van der Waals surface area contributed by atoms with Crippen molar-refractivity contribution in [2.45, 2.75) is 25.3 Å². The summed E-state index contributed by atoms with van der Waals surface area (Å²) in [7, 11) is 0. The summed E-state index contributed by atoms with van der Waals surface area (Å²) in [4.78, 5) is 23.4. The molecular formula is C13H15ClN2O3. The topological polar surface area (TPSA) is 78.4 Å². The standard InChI is InChI=1S/C13H15ClN2O3/c1-13(6-3-7-15-13)12(19)16-9-5-2-4-8(14)10(9)11(17)18/h2,4-5,15H,3,6-7H2,1H3,(H,16,19)(H,17,18). The predicted octanol–water partition coefficient (Wildman–Crippen LogP) is 2.12. The van der Waals surface area contributed by atoms with Crippen LogP contribution in [0.15, 0.2) is 18.2 Å². The van der Waals surface area contributed by atoms with Crippen LogP contribution in [-0.2, 0) is 4.79 Å². The molecule has 1 aliphatic heterocycles. The second-order valence-corrected chi connectivity index (χ2v) is 5.19. The lowest BCUT2D eigenvalue weighted by Crippen LogP contribution is -2.48. The Bertz CT molecular complexity index is 525. The van der Waals surface area contributed by atoms with Gasteiger partial charge in [-0.2, -0.15) is 0 Å². The zero-order chi connectivity index (χ0) is 14.0. The van der Waals surface area contributed by atoms with Crippen LogP contribution in [0, 0.1) is 0 Å². The number of benzene rings is 1. The molecule has 0 aliphatic carbocycles. The van der Waals surface area contributed by atoms with Crippen LogP contribution in [0.2, 0.25) is 5.02 Å². The second kappa shape index (κ2) is 5.19. The molecule has 1 heterocycles. The molecule has 19 heavy (non-hydrogen) atoms. The molecule has 1 aromatic carbocycles. The number of carboxylic acids is 1. The number of carboxylic acid groups (broad SMARTS) is 1. The van der Waals surface area contributed by atoms with E-state index >= 15 is 0 Å². The van der Waals surface area contributed by atoms with Gasteiger partial charge in [0.05, 0.1) is 16.2 Å². The van der Waals surface area contributed by atoms with Crippen LogP contribution in [0.1, 0.15) is 30.1 Å². The van der Waals surface area contributed by atoms with Gasteiger partial charge in [0.2, 0.25) is 5.91 Å². The Morgan fingerprint density at radius 2 is 2.21 bits per heavy atom. The van der Waals surface area contributed by atoms with Crippen molar-refractivity contribution in [3.63, 3.8) is 0 Å². The lowest BCUT2D eigenvalue weighted by atomic mass is 9.99. The number of carbonyl (C=O) groups excluding carboxylic acids is 1. The van der Waals surface area contributed by atoms with E-state index in [2.05, 4.69) is 10.6 Å². The van der Waals surface area contributed by atoms with E-state index in [-0.39, 0.29) is 22.2 Å². The van der Waals surface area contributed by atoms with E-state index < -0.39 is 11.5 Å². The average Bonchev–Trinajstić information content (AvgIpc) is 2.77. The van der Waals surface area contributed by atoms with Crippen molar-refractivity contribution in [1.29, 1.82) is 0 Å². The lowest BCUT2D eigenvalue weighted by molar-refractivity contribution is -0.121. The summed E-state index contributed by atoms with van der Waals surface area (Å²) in [6.07, 6.45) is 1.65. The molecule has 6 heteroatoms. The van der Waals surface area contributed by atoms with Gasteiger partial charge in [-0.05, 0) is 38.4 Å². The molecule has 1 unspecified atom stereocenters. The van der Waals surface area contributed by atoms with Gasteiger partial charge in [0.25, 0.3) is 0 Å². The Kier molecular flexibility index (Phi) is 3.78. The Labute approximate surface area is 116 Å². The lowest BCUT2D eigenvalue weighted by Gasteiger charge is -2.23. The van der Waals surface area contributed by atoms with Crippen molar-refractivity contribution in [2.75, 3.05) is 11.9 Å². The van der Waals surface area contributed by atoms with E-state index in [1.165, 1.54) is 12.1 Å². The van der Waals surface area contributed by atoms with Crippen molar-refractivity contribution >= 4 is 29.2 Å². The fraction of sp³-hybridized carbons (Fsp3) is 0.385. The van der Waals surface area contributed by atoms with Crippen molar-refractivity contribution < 1.29 is 14.7 Å². The zero-order valence-corrected chi connectivity index (χ0v) is 11.3. The smallest absolute Gasteiger partial charge is 0.339 e. The summed E-state index contributed by atoms with van der Waals surface area (Å²) in [5.41, 5.74) is -0.517. The van der Waals surface area contributed by atoms with E-state index in [1.54, 1.807) is 13.0 Å². The van der Waals surface area contributed by atoms with Gasteiger partial charge in [0.1, 0.15) is 5.56 Å². The molecule has 0 bridgehead atoms. The summed E-state index contributed by atoms with van der Waals surface area (Å²) in [5.74, 6) is -1.40. The molecule has 1 aliphatic rings. The first kappa shape index (κ1) is 13.8. The van der Waals surface area contributed by atoms with Crippen molar-refractivity contribution in [2.24, 2.45) is 0 Å². The molecule has 0 aromatic heterocycles. The maximum absolute atomic E-state index is 12.2. The summed E-state index contributed by atoms with van der Waals surface area (Å²) in [6.45, 7) is 2.59. The SMILES string of the molecule is CC1(C(=O)Nc2cccc(Cl)c2C(=O)O)CCCN1. The van der Waals surface area contributed by atoms with Gasteiger partial charge in [-0.1, -0.05) is 17.7 Å². The minimum absolute atomic E-state index is 0.0842. The number of hydrogen-bond acceptors (Lipinski definition) is 3. The van der Waals surface area contributed by atoms with Crippen LogP contribution in [0.5, 0.6) is 0 Å². The number of amides is 1. The van der Waals surface area contributed by atoms with Crippen molar-refractivity contribution in [3.05, 3.63) is 28.8 Å². The first-order valence-electron chi connectivity index (χ1n) is 6.02. The molecule has 1 aromatic rings. The number of anilines is 1. The van der Waals surface area contributed by atoms with Gasteiger partial charge < -0.3 is 15.7 Å². The Balaban J connectivity index is 2.26. The molecule has 0 spiro atoms. The van der Waals surface area contributed by atoms with Crippen LogP contribution in [0.3, 0.4) is 0 Å². The first-order valence-corrected chi connectivity index (χ1v) is 6.40. The normalized spacial score (nSPS) is 22.2. The Morgan fingerprint density at radius 1 is 1.47 bits per heavy atom. The van der Waals surface area contributed by atoms with Crippen LogP contribution in [0.25, 0.3) is 0 Å². The molecule has 1 atom stereocenters. The van der Waals surface area contributed by atoms with E-state index in [9.17, 15) is 9.59 Å². The zero-order valence-electron chi connectivity index (χ0n) is 10.5. The molecule has 1 fully saturated rings. The molecule has 1 amide bonds. The molecule has 3 N–H and O–H groups in total.